The van der Waals surface area contributed by atoms with Gasteiger partial charge in [0.25, 0.3) is 0 Å². The minimum atomic E-state index is 0.673. The normalized spacial score (nSPS) is 17.2. The van der Waals surface area contributed by atoms with Gasteiger partial charge in [-0.25, -0.2) is 19.9 Å². The summed E-state index contributed by atoms with van der Waals surface area (Å²) in [5.41, 5.74) is 1.88. The SMILES string of the molecule is CC.Cc1cc(OCCCN2CCN(C)CC2)ncn1.Cc1cc(OCCN2CCN(C)CC2)ncn1. The third-order valence-electron chi connectivity index (χ3n) is 6.28. The van der Waals surface area contributed by atoms with Gasteiger partial charge in [0, 0.05) is 89.0 Å². The molecule has 4 heterocycles. The monoisotopic (exact) mass is 516 g/mol. The van der Waals surface area contributed by atoms with Gasteiger partial charge in [0.1, 0.15) is 19.3 Å². The zero-order valence-corrected chi connectivity index (χ0v) is 23.9. The first-order chi connectivity index (χ1) is 18.0. The van der Waals surface area contributed by atoms with Crippen molar-refractivity contribution in [3.63, 3.8) is 0 Å². The van der Waals surface area contributed by atoms with Crippen LogP contribution in [0, 0.1) is 13.8 Å². The van der Waals surface area contributed by atoms with Crippen molar-refractivity contribution in [2.75, 3.05) is 92.8 Å². The number of hydrogen-bond donors (Lipinski definition) is 0. The van der Waals surface area contributed by atoms with Crippen LogP contribution >= 0.6 is 0 Å². The standard InChI is InChI=1S/C13H22N4O.C12H20N4O.C2H6/c1-12-10-13(15-11-14-12)18-9-3-4-17-7-5-16(2)6-8-17;1-11-9-12(14-10-13-11)17-8-7-16-5-3-15(2)4-6-16;1-2/h10-11H,3-9H2,1-2H3;9-10H,3-8H2,1-2H3;1-2H3. The summed E-state index contributed by atoms with van der Waals surface area (Å²) in [6.07, 6.45) is 4.14. The number of aryl methyl sites for hydroxylation is 2. The van der Waals surface area contributed by atoms with Crippen molar-refractivity contribution in [2.24, 2.45) is 0 Å². The molecule has 37 heavy (non-hydrogen) atoms. The van der Waals surface area contributed by atoms with E-state index in [9.17, 15) is 0 Å². The van der Waals surface area contributed by atoms with E-state index in [1.807, 2.05) is 39.8 Å². The van der Waals surface area contributed by atoms with Gasteiger partial charge in [-0.1, -0.05) is 13.8 Å². The van der Waals surface area contributed by atoms with Gasteiger partial charge in [-0.05, 0) is 34.4 Å². The van der Waals surface area contributed by atoms with Crippen LogP contribution in [0.1, 0.15) is 31.7 Å². The van der Waals surface area contributed by atoms with Crippen molar-refractivity contribution in [3.8, 4) is 11.8 Å². The van der Waals surface area contributed by atoms with Gasteiger partial charge < -0.3 is 24.2 Å². The molecule has 0 amide bonds. The highest BCUT2D eigenvalue weighted by Crippen LogP contribution is 2.07. The molecule has 4 rings (SSSR count). The minimum absolute atomic E-state index is 0.673. The number of aromatic nitrogens is 4. The summed E-state index contributed by atoms with van der Waals surface area (Å²) < 4.78 is 11.2. The van der Waals surface area contributed by atoms with Crippen molar-refractivity contribution >= 4 is 0 Å². The van der Waals surface area contributed by atoms with Crippen molar-refractivity contribution in [1.29, 1.82) is 0 Å². The molecule has 2 fully saturated rings. The molecule has 2 aliphatic rings. The van der Waals surface area contributed by atoms with E-state index in [2.05, 4.69) is 53.6 Å². The van der Waals surface area contributed by atoms with Gasteiger partial charge in [0.05, 0.1) is 6.61 Å². The Morgan fingerprint density at radius 1 is 0.622 bits per heavy atom. The molecule has 10 nitrogen and oxygen atoms in total. The maximum absolute atomic E-state index is 5.61. The first-order valence-electron chi connectivity index (χ1n) is 13.6. The summed E-state index contributed by atoms with van der Waals surface area (Å²) in [6.45, 7) is 20.6. The fourth-order valence-corrected chi connectivity index (χ4v) is 3.91. The van der Waals surface area contributed by atoms with E-state index in [1.54, 1.807) is 12.7 Å². The second-order valence-electron chi connectivity index (χ2n) is 9.34. The minimum Gasteiger partial charge on any atom is -0.478 e. The van der Waals surface area contributed by atoms with Crippen LogP contribution in [0.15, 0.2) is 24.8 Å². The Morgan fingerprint density at radius 2 is 1.05 bits per heavy atom. The van der Waals surface area contributed by atoms with E-state index in [4.69, 9.17) is 9.47 Å². The number of rotatable bonds is 9. The topological polar surface area (TPSA) is 83.0 Å². The van der Waals surface area contributed by atoms with Crippen LogP contribution in [0.4, 0.5) is 0 Å². The Kier molecular flexibility index (Phi) is 15.0. The summed E-state index contributed by atoms with van der Waals surface area (Å²) in [7, 11) is 4.34. The summed E-state index contributed by atoms with van der Waals surface area (Å²) >= 11 is 0. The van der Waals surface area contributed by atoms with Gasteiger partial charge in [0.15, 0.2) is 0 Å². The maximum Gasteiger partial charge on any atom is 0.216 e. The molecule has 10 heteroatoms. The Bertz CT molecular complexity index is 856. The van der Waals surface area contributed by atoms with Crippen LogP contribution in [-0.2, 0) is 0 Å². The lowest BCUT2D eigenvalue weighted by Gasteiger charge is -2.32. The number of likely N-dealkylation sites (N-methyl/N-ethyl adjacent to an activating group) is 2. The molecule has 2 saturated heterocycles. The average molecular weight is 517 g/mol. The Morgan fingerprint density at radius 3 is 1.51 bits per heavy atom. The lowest BCUT2D eigenvalue weighted by Crippen LogP contribution is -2.45. The maximum atomic E-state index is 5.61. The highest BCUT2D eigenvalue weighted by molar-refractivity contribution is 5.12. The second-order valence-corrected chi connectivity index (χ2v) is 9.34. The van der Waals surface area contributed by atoms with Gasteiger partial charge in [-0.15, -0.1) is 0 Å². The molecular weight excluding hydrogens is 468 g/mol. The molecule has 0 atom stereocenters. The van der Waals surface area contributed by atoms with E-state index < -0.39 is 0 Å². The molecule has 0 aromatic carbocycles. The zero-order chi connectivity index (χ0) is 26.9. The predicted molar refractivity (Wildman–Crippen MR) is 148 cm³/mol. The lowest BCUT2D eigenvalue weighted by molar-refractivity contribution is 0.132. The van der Waals surface area contributed by atoms with E-state index in [1.165, 1.54) is 26.2 Å². The van der Waals surface area contributed by atoms with Crippen molar-refractivity contribution in [3.05, 3.63) is 36.2 Å². The van der Waals surface area contributed by atoms with Crippen LogP contribution in [-0.4, -0.2) is 132 Å². The third-order valence-corrected chi connectivity index (χ3v) is 6.28. The Hall–Kier alpha value is -2.40. The molecule has 2 aliphatic heterocycles. The molecular formula is C27H48N8O2. The third kappa shape index (κ3) is 13.1. The first-order valence-corrected chi connectivity index (χ1v) is 13.6. The highest BCUT2D eigenvalue weighted by atomic mass is 16.5. The first kappa shape index (κ1) is 30.8. The van der Waals surface area contributed by atoms with Crippen LogP contribution in [0.5, 0.6) is 11.8 Å². The van der Waals surface area contributed by atoms with Crippen molar-refractivity contribution in [2.45, 2.75) is 34.1 Å². The molecule has 0 aliphatic carbocycles. The molecule has 208 valence electrons. The molecule has 0 N–H and O–H groups in total. The van der Waals surface area contributed by atoms with E-state index in [0.29, 0.717) is 18.4 Å². The van der Waals surface area contributed by atoms with Crippen molar-refractivity contribution < 1.29 is 9.47 Å². The second kappa shape index (κ2) is 18.0. The van der Waals surface area contributed by atoms with Crippen LogP contribution < -0.4 is 9.47 Å². The molecule has 0 radical (unpaired) electrons. The average Bonchev–Trinajstić information content (AvgIpc) is 2.91. The van der Waals surface area contributed by atoms with Crippen molar-refractivity contribution in [1.82, 2.24) is 39.5 Å². The summed E-state index contributed by atoms with van der Waals surface area (Å²) in [4.78, 5) is 25.9. The molecule has 0 spiro atoms. The molecule has 2 aromatic heterocycles. The molecule has 0 bridgehead atoms. The Balaban J connectivity index is 0.000000244. The van der Waals surface area contributed by atoms with Gasteiger partial charge in [-0.2, -0.15) is 0 Å². The fraction of sp³-hybridized carbons (Fsp3) is 0.704. The quantitative estimate of drug-likeness (QED) is 0.463. The summed E-state index contributed by atoms with van der Waals surface area (Å²) in [5.74, 6) is 1.35. The molecule has 2 aromatic rings. The zero-order valence-electron chi connectivity index (χ0n) is 23.9. The number of piperazine rings is 2. The van der Waals surface area contributed by atoms with Crippen LogP contribution in [0.25, 0.3) is 0 Å². The van der Waals surface area contributed by atoms with Gasteiger partial charge in [-0.3, -0.25) is 4.90 Å². The highest BCUT2D eigenvalue weighted by Gasteiger charge is 2.14. The molecule has 0 unspecified atom stereocenters. The lowest BCUT2D eigenvalue weighted by atomic mass is 10.3. The largest absolute Gasteiger partial charge is 0.478 e. The molecule has 0 saturated carbocycles. The predicted octanol–water partition coefficient (Wildman–Crippen LogP) is 2.24. The Labute approximate surface area is 224 Å². The fourth-order valence-electron chi connectivity index (χ4n) is 3.91. The van der Waals surface area contributed by atoms with E-state index in [0.717, 1.165) is 63.7 Å². The number of nitrogens with zero attached hydrogens (tertiary/aromatic N) is 8. The number of ether oxygens (including phenoxy) is 2. The van der Waals surface area contributed by atoms with Gasteiger partial charge in [0.2, 0.25) is 11.8 Å². The summed E-state index contributed by atoms with van der Waals surface area (Å²) in [6, 6.07) is 3.74. The number of hydrogen-bond acceptors (Lipinski definition) is 10. The smallest absolute Gasteiger partial charge is 0.216 e. The van der Waals surface area contributed by atoms with Gasteiger partial charge >= 0.3 is 0 Å². The van der Waals surface area contributed by atoms with E-state index in [-0.39, 0.29) is 0 Å². The van der Waals surface area contributed by atoms with Crippen LogP contribution in [0.2, 0.25) is 0 Å². The van der Waals surface area contributed by atoms with E-state index >= 15 is 0 Å². The van der Waals surface area contributed by atoms with Crippen LogP contribution in [0.3, 0.4) is 0 Å². The summed E-state index contributed by atoms with van der Waals surface area (Å²) in [5, 5.41) is 0.